The topological polar surface area (TPSA) is 84.7 Å². The standard InChI is InChI=1S/C20H23N3O4/c1-15-7-8-17(13-19(15)23(25)26)20(24)21-18(16-5-3-2-4-6-16)14-22-9-11-27-12-10-22/h2-8,13,18H,9-12,14H2,1H3,(H,21,24). The molecule has 0 saturated carbocycles. The predicted octanol–water partition coefficient (Wildman–Crippen LogP) is 2.71. The number of hydrogen-bond donors (Lipinski definition) is 1. The maximum absolute atomic E-state index is 12.8. The molecule has 2 aromatic carbocycles. The van der Waals surface area contributed by atoms with Crippen LogP contribution in [0.5, 0.6) is 0 Å². The first kappa shape index (κ1) is 19.0. The van der Waals surface area contributed by atoms with Crippen LogP contribution in [0.15, 0.2) is 48.5 Å². The van der Waals surface area contributed by atoms with Crippen LogP contribution in [0.2, 0.25) is 0 Å². The minimum atomic E-state index is -0.464. The van der Waals surface area contributed by atoms with Crippen molar-refractivity contribution in [1.29, 1.82) is 0 Å². The molecule has 1 atom stereocenters. The van der Waals surface area contributed by atoms with Crippen molar-refractivity contribution in [3.63, 3.8) is 0 Å². The first-order valence-corrected chi connectivity index (χ1v) is 8.95. The molecule has 3 rings (SSSR count). The lowest BCUT2D eigenvalue weighted by Gasteiger charge is -2.31. The molecule has 27 heavy (non-hydrogen) atoms. The van der Waals surface area contributed by atoms with Crippen LogP contribution in [0.3, 0.4) is 0 Å². The molecule has 7 nitrogen and oxygen atoms in total. The average molecular weight is 369 g/mol. The number of rotatable bonds is 6. The second kappa shape index (κ2) is 8.75. The van der Waals surface area contributed by atoms with Crippen LogP contribution in [0, 0.1) is 17.0 Å². The molecule has 0 radical (unpaired) electrons. The number of nitro benzene ring substituents is 1. The Kier molecular flexibility index (Phi) is 6.16. The van der Waals surface area contributed by atoms with Gasteiger partial charge in [0.05, 0.1) is 24.2 Å². The Morgan fingerprint density at radius 3 is 2.59 bits per heavy atom. The Bertz CT molecular complexity index is 804. The first-order chi connectivity index (χ1) is 13.0. The van der Waals surface area contributed by atoms with Crippen molar-refractivity contribution in [2.24, 2.45) is 0 Å². The summed E-state index contributed by atoms with van der Waals surface area (Å²) in [5.74, 6) is -0.319. The highest BCUT2D eigenvalue weighted by Crippen LogP contribution is 2.21. The van der Waals surface area contributed by atoms with E-state index < -0.39 is 4.92 Å². The lowest BCUT2D eigenvalue weighted by Crippen LogP contribution is -2.43. The molecular formula is C20H23N3O4. The van der Waals surface area contributed by atoms with Crippen molar-refractivity contribution in [3.8, 4) is 0 Å². The Hall–Kier alpha value is -2.77. The van der Waals surface area contributed by atoms with Gasteiger partial charge in [0.1, 0.15) is 0 Å². The van der Waals surface area contributed by atoms with Crippen LogP contribution >= 0.6 is 0 Å². The molecule has 1 unspecified atom stereocenters. The Labute approximate surface area is 158 Å². The van der Waals surface area contributed by atoms with Crippen molar-refractivity contribution in [3.05, 3.63) is 75.3 Å². The van der Waals surface area contributed by atoms with Gasteiger partial charge in [-0.25, -0.2) is 0 Å². The zero-order valence-corrected chi connectivity index (χ0v) is 15.3. The number of benzene rings is 2. The van der Waals surface area contributed by atoms with E-state index >= 15 is 0 Å². The summed E-state index contributed by atoms with van der Waals surface area (Å²) in [4.78, 5) is 25.7. The Morgan fingerprint density at radius 1 is 1.22 bits per heavy atom. The maximum atomic E-state index is 12.8. The summed E-state index contributed by atoms with van der Waals surface area (Å²) in [7, 11) is 0. The molecule has 1 amide bonds. The van der Waals surface area contributed by atoms with Gasteiger partial charge in [0.2, 0.25) is 0 Å². The fraction of sp³-hybridized carbons (Fsp3) is 0.350. The second-order valence-corrected chi connectivity index (χ2v) is 6.61. The molecule has 1 aliphatic rings. The van der Waals surface area contributed by atoms with Gasteiger partial charge in [0.15, 0.2) is 0 Å². The third kappa shape index (κ3) is 4.90. The number of ether oxygens (including phenoxy) is 1. The number of morpholine rings is 1. The minimum Gasteiger partial charge on any atom is -0.379 e. The van der Waals surface area contributed by atoms with E-state index in [1.807, 2.05) is 30.3 Å². The van der Waals surface area contributed by atoms with E-state index in [0.29, 0.717) is 25.3 Å². The molecule has 0 aliphatic carbocycles. The van der Waals surface area contributed by atoms with E-state index in [1.54, 1.807) is 19.1 Å². The zero-order chi connectivity index (χ0) is 19.2. The summed E-state index contributed by atoms with van der Waals surface area (Å²) in [5, 5.41) is 14.2. The number of nitro groups is 1. The van der Waals surface area contributed by atoms with E-state index in [0.717, 1.165) is 18.7 Å². The summed E-state index contributed by atoms with van der Waals surface area (Å²) in [6, 6.07) is 14.1. The molecule has 1 saturated heterocycles. The quantitative estimate of drug-likeness (QED) is 0.625. The molecule has 1 fully saturated rings. The van der Waals surface area contributed by atoms with Crippen molar-refractivity contribution in [1.82, 2.24) is 10.2 Å². The van der Waals surface area contributed by atoms with E-state index in [9.17, 15) is 14.9 Å². The number of carbonyl (C=O) groups excluding carboxylic acids is 1. The normalized spacial score (nSPS) is 15.9. The molecule has 1 N–H and O–H groups in total. The fourth-order valence-electron chi connectivity index (χ4n) is 3.15. The monoisotopic (exact) mass is 369 g/mol. The van der Waals surface area contributed by atoms with Gasteiger partial charge in [0.25, 0.3) is 11.6 Å². The third-order valence-electron chi connectivity index (χ3n) is 4.72. The highest BCUT2D eigenvalue weighted by molar-refractivity contribution is 5.95. The molecule has 1 aliphatic heterocycles. The van der Waals surface area contributed by atoms with Crippen LogP contribution in [-0.2, 0) is 4.74 Å². The Balaban J connectivity index is 1.79. The molecule has 7 heteroatoms. The van der Waals surface area contributed by atoms with Gasteiger partial charge in [-0.1, -0.05) is 36.4 Å². The first-order valence-electron chi connectivity index (χ1n) is 8.95. The smallest absolute Gasteiger partial charge is 0.273 e. The molecule has 0 spiro atoms. The van der Waals surface area contributed by atoms with Gasteiger partial charge in [-0.2, -0.15) is 0 Å². The highest BCUT2D eigenvalue weighted by atomic mass is 16.6. The lowest BCUT2D eigenvalue weighted by atomic mass is 10.0. The summed E-state index contributed by atoms with van der Waals surface area (Å²) >= 11 is 0. The summed E-state index contributed by atoms with van der Waals surface area (Å²) in [5.41, 5.74) is 1.77. The molecular weight excluding hydrogens is 346 g/mol. The number of aryl methyl sites for hydroxylation is 1. The Morgan fingerprint density at radius 2 is 1.93 bits per heavy atom. The largest absolute Gasteiger partial charge is 0.379 e. The zero-order valence-electron chi connectivity index (χ0n) is 15.3. The van der Waals surface area contributed by atoms with Gasteiger partial charge in [-0.15, -0.1) is 0 Å². The van der Waals surface area contributed by atoms with Crippen LogP contribution in [-0.4, -0.2) is 48.6 Å². The number of nitrogens with one attached hydrogen (secondary N) is 1. The molecule has 1 heterocycles. The minimum absolute atomic E-state index is 0.0490. The van der Waals surface area contributed by atoms with E-state index in [4.69, 9.17) is 4.74 Å². The van der Waals surface area contributed by atoms with Crippen molar-refractivity contribution >= 4 is 11.6 Å². The van der Waals surface area contributed by atoms with Crippen LogP contribution in [0.4, 0.5) is 5.69 Å². The highest BCUT2D eigenvalue weighted by Gasteiger charge is 2.22. The predicted molar refractivity (Wildman–Crippen MR) is 102 cm³/mol. The average Bonchev–Trinajstić information content (AvgIpc) is 2.69. The van der Waals surface area contributed by atoms with Crippen molar-refractivity contribution < 1.29 is 14.5 Å². The summed E-state index contributed by atoms with van der Waals surface area (Å²) in [6.07, 6.45) is 0. The lowest BCUT2D eigenvalue weighted by molar-refractivity contribution is -0.385. The fourth-order valence-corrected chi connectivity index (χ4v) is 3.15. The summed E-state index contributed by atoms with van der Waals surface area (Å²) in [6.45, 7) is 5.31. The number of amides is 1. The molecule has 142 valence electrons. The molecule has 0 aromatic heterocycles. The second-order valence-electron chi connectivity index (χ2n) is 6.61. The summed E-state index contributed by atoms with van der Waals surface area (Å²) < 4.78 is 5.39. The maximum Gasteiger partial charge on any atom is 0.273 e. The van der Waals surface area contributed by atoms with Crippen molar-refractivity contribution in [2.45, 2.75) is 13.0 Å². The molecule has 2 aromatic rings. The number of hydrogen-bond acceptors (Lipinski definition) is 5. The number of nitrogens with zero attached hydrogens (tertiary/aromatic N) is 2. The van der Waals surface area contributed by atoms with Gasteiger partial charge in [-0.3, -0.25) is 19.8 Å². The van der Waals surface area contributed by atoms with Gasteiger partial charge in [-0.05, 0) is 18.6 Å². The van der Waals surface area contributed by atoms with Crippen LogP contribution in [0.25, 0.3) is 0 Å². The van der Waals surface area contributed by atoms with Gasteiger partial charge in [0, 0.05) is 36.8 Å². The molecule has 0 bridgehead atoms. The van der Waals surface area contributed by atoms with Crippen LogP contribution < -0.4 is 5.32 Å². The van der Waals surface area contributed by atoms with E-state index in [2.05, 4.69) is 10.2 Å². The van der Waals surface area contributed by atoms with Crippen molar-refractivity contribution in [2.75, 3.05) is 32.8 Å². The third-order valence-corrected chi connectivity index (χ3v) is 4.72. The van der Waals surface area contributed by atoms with E-state index in [1.165, 1.54) is 6.07 Å². The van der Waals surface area contributed by atoms with Crippen LogP contribution in [0.1, 0.15) is 27.5 Å². The van der Waals surface area contributed by atoms with Gasteiger partial charge >= 0.3 is 0 Å². The van der Waals surface area contributed by atoms with Gasteiger partial charge < -0.3 is 10.1 Å². The van der Waals surface area contributed by atoms with E-state index in [-0.39, 0.29) is 23.2 Å². The SMILES string of the molecule is Cc1ccc(C(=O)NC(CN2CCOCC2)c2ccccc2)cc1[N+](=O)[O-]. The number of carbonyl (C=O) groups is 1.